The molecule has 0 bridgehead atoms. The van der Waals surface area contributed by atoms with Crippen LogP contribution in [0.3, 0.4) is 0 Å². The van der Waals surface area contributed by atoms with Crippen LogP contribution in [-0.2, 0) is 4.43 Å². The maximum absolute atomic E-state index is 6.35. The van der Waals surface area contributed by atoms with E-state index in [4.69, 9.17) is 4.43 Å². The normalized spacial score (nSPS) is 11.6. The molecule has 0 spiro atoms. The van der Waals surface area contributed by atoms with Crippen molar-refractivity contribution in [3.63, 3.8) is 0 Å². The number of halogens is 1. The quantitative estimate of drug-likeness (QED) is 0.389. The molecule has 0 saturated carbocycles. The van der Waals surface area contributed by atoms with Gasteiger partial charge in [-0.05, 0) is 16.6 Å². The number of hydrogen-bond donors (Lipinski definition) is 0. The summed E-state index contributed by atoms with van der Waals surface area (Å²) in [5.41, 5.74) is 2.09. The van der Waals surface area contributed by atoms with E-state index in [0.717, 1.165) is 19.4 Å². The molecule has 0 heterocycles. The van der Waals surface area contributed by atoms with E-state index in [1.807, 2.05) is 0 Å². The standard InChI is InChI=1S/C13H29OSi.BrH.Mg/c1-8-9-10-14-15(11(2)3,12(4)5)13(6)7;;/h11-13H,1,8-10H2,2-7H3;1H;/q-1;;+2/p-1. The molecule has 100 valence electrons. The van der Waals surface area contributed by atoms with Crippen molar-refractivity contribution in [2.45, 2.75) is 71.0 Å². The molecular weight excluding hydrogens is 304 g/mol. The van der Waals surface area contributed by atoms with Gasteiger partial charge < -0.3 is 28.3 Å². The molecule has 0 unspecified atom stereocenters. The maximum Gasteiger partial charge on any atom is 2.00 e. The van der Waals surface area contributed by atoms with Crippen LogP contribution in [0.15, 0.2) is 0 Å². The molecule has 0 aromatic carbocycles. The first-order valence-electron chi connectivity index (χ1n) is 6.32. The molecule has 4 heteroatoms. The fourth-order valence-electron chi connectivity index (χ4n) is 2.85. The average molecular weight is 334 g/mol. The zero-order chi connectivity index (χ0) is 12.1. The second kappa shape index (κ2) is 11.3. The van der Waals surface area contributed by atoms with Gasteiger partial charge in [-0.25, -0.2) is 0 Å². The van der Waals surface area contributed by atoms with Gasteiger partial charge >= 0.3 is 23.1 Å². The molecule has 0 aromatic rings. The Balaban J connectivity index is -0.000000980. The van der Waals surface area contributed by atoms with Gasteiger partial charge in [0.2, 0.25) is 0 Å². The summed E-state index contributed by atoms with van der Waals surface area (Å²) in [7, 11) is -1.59. The van der Waals surface area contributed by atoms with Gasteiger partial charge in [-0.15, -0.1) is 0 Å². The van der Waals surface area contributed by atoms with E-state index in [2.05, 4.69) is 48.5 Å². The first-order chi connectivity index (χ1) is 6.89. The van der Waals surface area contributed by atoms with E-state index < -0.39 is 8.32 Å². The molecule has 0 rings (SSSR count). The molecule has 0 amide bonds. The third kappa shape index (κ3) is 6.41. The van der Waals surface area contributed by atoms with Gasteiger partial charge in [-0.3, -0.25) is 0 Å². The fourth-order valence-corrected chi connectivity index (χ4v) is 8.35. The van der Waals surface area contributed by atoms with E-state index in [1.165, 1.54) is 0 Å². The van der Waals surface area contributed by atoms with Crippen LogP contribution < -0.4 is 17.0 Å². The van der Waals surface area contributed by atoms with E-state index in [9.17, 15) is 0 Å². The summed E-state index contributed by atoms with van der Waals surface area (Å²) in [5, 5.41) is 0. The third-order valence-electron chi connectivity index (χ3n) is 3.45. The Morgan fingerprint density at radius 3 is 1.53 bits per heavy atom. The molecule has 0 N–H and O–H groups in total. The van der Waals surface area contributed by atoms with Gasteiger partial charge in [-0.2, -0.15) is 6.42 Å². The van der Waals surface area contributed by atoms with Crippen molar-refractivity contribution in [3.05, 3.63) is 6.92 Å². The Morgan fingerprint density at radius 2 is 1.29 bits per heavy atom. The van der Waals surface area contributed by atoms with Crippen LogP contribution >= 0.6 is 0 Å². The molecule has 0 aliphatic rings. The number of hydrogen-bond acceptors (Lipinski definition) is 1. The van der Waals surface area contributed by atoms with Crippen LogP contribution in [0.2, 0.25) is 16.6 Å². The fraction of sp³-hybridized carbons (Fsp3) is 0.923. The van der Waals surface area contributed by atoms with Gasteiger partial charge in [0.05, 0.1) is 0 Å². The van der Waals surface area contributed by atoms with Crippen LogP contribution in [0, 0.1) is 6.92 Å². The largest absolute Gasteiger partial charge is 2.00 e. The van der Waals surface area contributed by atoms with Crippen molar-refractivity contribution in [2.24, 2.45) is 0 Å². The monoisotopic (exact) mass is 332 g/mol. The van der Waals surface area contributed by atoms with Crippen molar-refractivity contribution in [3.8, 4) is 0 Å². The second-order valence-electron chi connectivity index (χ2n) is 5.37. The predicted molar refractivity (Wildman–Crippen MR) is 77.3 cm³/mol. The van der Waals surface area contributed by atoms with Crippen LogP contribution in [0.4, 0.5) is 0 Å². The first-order valence-corrected chi connectivity index (χ1v) is 8.46. The van der Waals surface area contributed by atoms with Crippen molar-refractivity contribution in [2.75, 3.05) is 6.61 Å². The van der Waals surface area contributed by atoms with E-state index in [1.54, 1.807) is 0 Å². The topological polar surface area (TPSA) is 9.23 Å². The molecule has 0 radical (unpaired) electrons. The van der Waals surface area contributed by atoms with E-state index in [0.29, 0.717) is 16.6 Å². The zero-order valence-electron chi connectivity index (χ0n) is 12.6. The Bertz CT molecular complexity index is 153. The number of unbranched alkanes of at least 4 members (excludes halogenated alkanes) is 1. The minimum atomic E-state index is -1.59. The van der Waals surface area contributed by atoms with Gasteiger partial charge in [0, 0.05) is 6.61 Å². The van der Waals surface area contributed by atoms with Crippen molar-refractivity contribution >= 4 is 31.4 Å². The smallest absolute Gasteiger partial charge is 1.00 e. The Hall–Kier alpha value is 1.42. The van der Waals surface area contributed by atoms with Gasteiger partial charge in [0.15, 0.2) is 8.32 Å². The molecule has 0 aliphatic heterocycles. The molecule has 0 saturated heterocycles. The summed E-state index contributed by atoms with van der Waals surface area (Å²) in [4.78, 5) is 0. The minimum absolute atomic E-state index is 0. The summed E-state index contributed by atoms with van der Waals surface area (Å²) in [6.07, 6.45) is 2.08. The van der Waals surface area contributed by atoms with Crippen LogP contribution in [0.1, 0.15) is 54.4 Å². The first kappa shape index (κ1) is 23.5. The minimum Gasteiger partial charge on any atom is -1.00 e. The number of rotatable bonds is 7. The molecule has 0 aliphatic carbocycles. The Labute approximate surface area is 137 Å². The summed E-state index contributed by atoms with van der Waals surface area (Å²) < 4.78 is 6.35. The van der Waals surface area contributed by atoms with Crippen LogP contribution in [0.5, 0.6) is 0 Å². The van der Waals surface area contributed by atoms with Gasteiger partial charge in [0.25, 0.3) is 0 Å². The van der Waals surface area contributed by atoms with Crippen LogP contribution in [-0.4, -0.2) is 38.0 Å². The third-order valence-corrected chi connectivity index (χ3v) is 9.57. The average Bonchev–Trinajstić information content (AvgIpc) is 2.10. The summed E-state index contributed by atoms with van der Waals surface area (Å²) in [5.74, 6) is 0. The summed E-state index contributed by atoms with van der Waals surface area (Å²) >= 11 is 0. The zero-order valence-corrected chi connectivity index (χ0v) is 16.6. The van der Waals surface area contributed by atoms with Crippen LogP contribution in [0.25, 0.3) is 0 Å². The summed E-state index contributed by atoms with van der Waals surface area (Å²) in [6.45, 7) is 18.8. The molecular formula is C13H29BrMgOSi. The van der Waals surface area contributed by atoms with Crippen molar-refractivity contribution in [1.29, 1.82) is 0 Å². The van der Waals surface area contributed by atoms with Gasteiger partial charge in [0.1, 0.15) is 0 Å². The van der Waals surface area contributed by atoms with Crippen molar-refractivity contribution in [1.82, 2.24) is 0 Å². The molecule has 17 heavy (non-hydrogen) atoms. The van der Waals surface area contributed by atoms with E-state index >= 15 is 0 Å². The molecule has 0 fully saturated rings. The SMILES string of the molecule is [Br-].[CH2-]CCCO[Si](C(C)C)(C(C)C)C(C)C.[Mg+2]. The van der Waals surface area contributed by atoms with Crippen molar-refractivity contribution < 1.29 is 21.4 Å². The molecule has 0 atom stereocenters. The second-order valence-corrected chi connectivity index (χ2v) is 10.8. The molecule has 0 aromatic heterocycles. The summed E-state index contributed by atoms with van der Waals surface area (Å²) in [6, 6.07) is 0. The van der Waals surface area contributed by atoms with Gasteiger partial charge in [-0.1, -0.05) is 48.0 Å². The molecule has 1 nitrogen and oxygen atoms in total. The Morgan fingerprint density at radius 1 is 0.941 bits per heavy atom. The maximum atomic E-state index is 6.35. The Kier molecular flexibility index (Phi) is 15.6. The predicted octanol–water partition coefficient (Wildman–Crippen LogP) is 1.42. The van der Waals surface area contributed by atoms with E-state index in [-0.39, 0.29) is 40.0 Å².